The Morgan fingerprint density at radius 2 is 1.83 bits per heavy atom. The van der Waals surface area contributed by atoms with E-state index in [0.29, 0.717) is 18.0 Å². The molecule has 2 rings (SSSR count). The number of nitrogens with zero attached hydrogens (tertiary/aromatic N) is 2. The monoisotopic (exact) mass is 344 g/mol. The fraction of sp³-hybridized carbons (Fsp3) is 0.278. The molecule has 0 aliphatic carbocycles. The molecule has 1 saturated heterocycles. The average molecular weight is 344 g/mol. The van der Waals surface area contributed by atoms with Crippen LogP contribution in [0.5, 0.6) is 0 Å². The van der Waals surface area contributed by atoms with E-state index in [-0.39, 0.29) is 12.5 Å². The molecule has 0 aromatic heterocycles. The van der Waals surface area contributed by atoms with Crippen LogP contribution in [0.25, 0.3) is 6.08 Å². The lowest BCUT2D eigenvalue weighted by atomic mass is 10.2. The summed E-state index contributed by atoms with van der Waals surface area (Å²) < 4.78 is 0. The maximum atomic E-state index is 12.3. The van der Waals surface area contributed by atoms with Gasteiger partial charge in [0.25, 0.3) is 11.1 Å². The summed E-state index contributed by atoms with van der Waals surface area (Å²) in [7, 11) is 0. The van der Waals surface area contributed by atoms with Gasteiger partial charge in [0.05, 0.1) is 4.91 Å². The number of imide groups is 1. The number of rotatable bonds is 6. The molecule has 0 N–H and O–H groups in total. The lowest BCUT2D eigenvalue weighted by Crippen LogP contribution is -2.41. The third-order valence-electron chi connectivity index (χ3n) is 3.62. The van der Waals surface area contributed by atoms with Gasteiger partial charge in [-0.3, -0.25) is 19.3 Å². The zero-order chi connectivity index (χ0) is 17.5. The van der Waals surface area contributed by atoms with Crippen LogP contribution in [0.1, 0.15) is 19.4 Å². The van der Waals surface area contributed by atoms with E-state index in [0.717, 1.165) is 22.2 Å². The van der Waals surface area contributed by atoms with Crippen molar-refractivity contribution >= 4 is 34.9 Å². The summed E-state index contributed by atoms with van der Waals surface area (Å²) in [6.45, 7) is 4.64. The Kier molecular flexibility index (Phi) is 6.37. The van der Waals surface area contributed by atoms with E-state index < -0.39 is 11.1 Å². The first-order chi connectivity index (χ1) is 11.6. The topological polar surface area (TPSA) is 57.7 Å². The minimum atomic E-state index is -0.414. The predicted molar refractivity (Wildman–Crippen MR) is 96.2 cm³/mol. The summed E-state index contributed by atoms with van der Waals surface area (Å²) in [5, 5.41) is -0.403. The zero-order valence-corrected chi connectivity index (χ0v) is 14.6. The standard InChI is InChI=1S/C18H20N2O3S/c1-3-19(4-2)16(21)13-20-17(22)15(24-18(20)23)12-8-11-14-9-6-5-7-10-14/h5-12H,3-4,13H2,1-2H3/b11-8+,15-12-. The van der Waals surface area contributed by atoms with Crippen LogP contribution in [0.2, 0.25) is 0 Å². The highest BCUT2D eigenvalue weighted by atomic mass is 32.2. The van der Waals surface area contributed by atoms with Crippen molar-refractivity contribution < 1.29 is 14.4 Å². The molecule has 0 spiro atoms. The minimum absolute atomic E-state index is 0.202. The highest BCUT2D eigenvalue weighted by Gasteiger charge is 2.36. The van der Waals surface area contributed by atoms with Crippen molar-refractivity contribution in [1.82, 2.24) is 9.80 Å². The second kappa shape index (κ2) is 8.49. The average Bonchev–Trinajstić information content (AvgIpc) is 2.85. The molecule has 3 amide bonds. The van der Waals surface area contributed by atoms with E-state index in [2.05, 4.69) is 0 Å². The Balaban J connectivity index is 2.04. The molecular weight excluding hydrogens is 324 g/mol. The molecule has 0 bridgehead atoms. The predicted octanol–water partition coefficient (Wildman–Crippen LogP) is 3.15. The van der Waals surface area contributed by atoms with Crippen LogP contribution >= 0.6 is 11.8 Å². The number of benzene rings is 1. The first kappa shape index (κ1) is 18.0. The molecule has 1 aliphatic heterocycles. The molecule has 6 heteroatoms. The van der Waals surface area contributed by atoms with Crippen LogP contribution in [0.3, 0.4) is 0 Å². The third-order valence-corrected chi connectivity index (χ3v) is 4.54. The highest BCUT2D eigenvalue weighted by molar-refractivity contribution is 8.18. The second-order valence-corrected chi connectivity index (χ2v) is 6.12. The molecule has 1 fully saturated rings. The van der Waals surface area contributed by atoms with Gasteiger partial charge in [-0.1, -0.05) is 42.5 Å². The van der Waals surface area contributed by atoms with E-state index in [4.69, 9.17) is 0 Å². The van der Waals surface area contributed by atoms with Gasteiger partial charge < -0.3 is 4.90 Å². The number of amides is 3. The van der Waals surface area contributed by atoms with Crippen LogP contribution in [-0.2, 0) is 9.59 Å². The van der Waals surface area contributed by atoms with Crippen LogP contribution in [0, 0.1) is 0 Å². The smallest absolute Gasteiger partial charge is 0.294 e. The van der Waals surface area contributed by atoms with E-state index in [1.54, 1.807) is 17.1 Å². The molecule has 0 unspecified atom stereocenters. The van der Waals surface area contributed by atoms with Crippen LogP contribution < -0.4 is 0 Å². The van der Waals surface area contributed by atoms with E-state index in [1.807, 2.05) is 50.3 Å². The van der Waals surface area contributed by atoms with Crippen molar-refractivity contribution in [2.75, 3.05) is 19.6 Å². The highest BCUT2D eigenvalue weighted by Crippen LogP contribution is 2.30. The minimum Gasteiger partial charge on any atom is -0.342 e. The van der Waals surface area contributed by atoms with Gasteiger partial charge in [0.2, 0.25) is 5.91 Å². The largest absolute Gasteiger partial charge is 0.342 e. The molecule has 1 aromatic carbocycles. The van der Waals surface area contributed by atoms with Gasteiger partial charge in [-0.05, 0) is 37.2 Å². The Morgan fingerprint density at radius 3 is 2.46 bits per heavy atom. The van der Waals surface area contributed by atoms with Gasteiger partial charge in [-0.15, -0.1) is 0 Å². The molecule has 1 aromatic rings. The molecule has 1 heterocycles. The van der Waals surface area contributed by atoms with Gasteiger partial charge in [0.1, 0.15) is 6.54 Å². The number of likely N-dealkylation sites (N-methyl/N-ethyl adjacent to an activating group) is 1. The van der Waals surface area contributed by atoms with Crippen molar-refractivity contribution in [3.63, 3.8) is 0 Å². The number of carbonyl (C=O) groups is 3. The number of hydrogen-bond acceptors (Lipinski definition) is 4. The van der Waals surface area contributed by atoms with Crippen molar-refractivity contribution in [2.24, 2.45) is 0 Å². The number of hydrogen-bond donors (Lipinski definition) is 0. The molecule has 1 aliphatic rings. The molecule has 0 radical (unpaired) electrons. The Bertz CT molecular complexity index is 679. The fourth-order valence-corrected chi connectivity index (χ4v) is 3.06. The van der Waals surface area contributed by atoms with Gasteiger partial charge in [-0.25, -0.2) is 0 Å². The van der Waals surface area contributed by atoms with Crippen molar-refractivity contribution in [3.05, 3.63) is 53.0 Å². The molecule has 0 saturated carbocycles. The number of carbonyl (C=O) groups excluding carboxylic acids is 3. The summed E-state index contributed by atoms with van der Waals surface area (Å²) in [5.41, 5.74) is 1.00. The molecule has 24 heavy (non-hydrogen) atoms. The lowest BCUT2D eigenvalue weighted by molar-refractivity contribution is -0.135. The first-order valence-corrected chi connectivity index (χ1v) is 8.63. The first-order valence-electron chi connectivity index (χ1n) is 7.81. The number of thioether (sulfide) groups is 1. The van der Waals surface area contributed by atoms with Crippen LogP contribution in [0.4, 0.5) is 4.79 Å². The van der Waals surface area contributed by atoms with Gasteiger partial charge >= 0.3 is 0 Å². The Morgan fingerprint density at radius 1 is 1.17 bits per heavy atom. The van der Waals surface area contributed by atoms with Crippen molar-refractivity contribution in [2.45, 2.75) is 13.8 Å². The second-order valence-electron chi connectivity index (χ2n) is 5.13. The SMILES string of the molecule is CCN(CC)C(=O)CN1C(=O)S/C(=C\C=C\c2ccccc2)C1=O. The van der Waals surface area contributed by atoms with Gasteiger partial charge in [0, 0.05) is 13.1 Å². The Labute approximate surface area is 146 Å². The summed E-state index contributed by atoms with van der Waals surface area (Å²) in [4.78, 5) is 39.3. The molecule has 0 atom stereocenters. The summed E-state index contributed by atoms with van der Waals surface area (Å²) in [6, 6.07) is 9.66. The maximum absolute atomic E-state index is 12.3. The van der Waals surface area contributed by atoms with Gasteiger partial charge in [0.15, 0.2) is 0 Å². The van der Waals surface area contributed by atoms with Crippen LogP contribution in [0.15, 0.2) is 47.4 Å². The summed E-state index contributed by atoms with van der Waals surface area (Å²) in [6.07, 6.45) is 5.20. The summed E-state index contributed by atoms with van der Waals surface area (Å²) >= 11 is 0.862. The molecule has 5 nitrogen and oxygen atoms in total. The molecular formula is C18H20N2O3S. The zero-order valence-electron chi connectivity index (χ0n) is 13.8. The Hall–Kier alpha value is -2.34. The third kappa shape index (κ3) is 4.35. The maximum Gasteiger partial charge on any atom is 0.294 e. The van der Waals surface area contributed by atoms with Crippen LogP contribution in [-0.4, -0.2) is 46.5 Å². The normalized spacial score (nSPS) is 16.4. The molecule has 126 valence electrons. The van der Waals surface area contributed by atoms with Crippen molar-refractivity contribution in [1.29, 1.82) is 0 Å². The quantitative estimate of drug-likeness (QED) is 0.744. The fourth-order valence-electron chi connectivity index (χ4n) is 2.27. The van der Waals surface area contributed by atoms with E-state index in [1.165, 1.54) is 0 Å². The number of allylic oxidation sites excluding steroid dienone is 2. The summed E-state index contributed by atoms with van der Waals surface area (Å²) in [5.74, 6) is -0.633. The van der Waals surface area contributed by atoms with Gasteiger partial charge in [-0.2, -0.15) is 0 Å². The van der Waals surface area contributed by atoms with Crippen molar-refractivity contribution in [3.8, 4) is 0 Å². The van der Waals surface area contributed by atoms with E-state index >= 15 is 0 Å². The lowest BCUT2D eigenvalue weighted by Gasteiger charge is -2.21. The van der Waals surface area contributed by atoms with E-state index in [9.17, 15) is 14.4 Å².